The standard InChI is InChI=1S/C66H59N3SSi/c1-42(2)38-48-40-59-53-27-16-15-26-52(53)54-35-32-47-33-36-56-55-28-17-18-31-60(55)70-65(56)62(47)66-68(43(3)39-58(54)67(59)41-61(48)71(4,5)6)64-51-25-14-13-24-46(51)34-37-57(64)69(66)63-49(44-20-9-7-10-21-44)29-19-30-50(63)45-22-11-8-12-23-45/h7-31,33-34,36-37,40-42,54,58H,3,32,35,38-39H2,1-2,4-6H3/q+2. The van der Waals surface area contributed by atoms with E-state index in [1.54, 1.807) is 5.19 Å². The average molecular weight is 954 g/mol. The predicted octanol–water partition coefficient (Wildman–Crippen LogP) is 16.3. The monoisotopic (exact) mass is 953 g/mol. The molecule has 0 amide bonds. The first-order valence-corrected chi connectivity index (χ1v) is 30.0. The summed E-state index contributed by atoms with van der Waals surface area (Å²) in [5.41, 5.74) is 17.8. The lowest BCUT2D eigenvalue weighted by Crippen LogP contribution is -2.54. The highest BCUT2D eigenvalue weighted by Crippen LogP contribution is 2.50. The Labute approximate surface area is 422 Å². The highest BCUT2D eigenvalue weighted by Gasteiger charge is 2.45. The van der Waals surface area contributed by atoms with Gasteiger partial charge in [-0.3, -0.25) is 0 Å². The number of aromatic nitrogens is 3. The quantitative estimate of drug-likeness (QED) is 0.116. The summed E-state index contributed by atoms with van der Waals surface area (Å²) in [6.45, 7) is 17.7. The molecule has 13 rings (SSSR count). The fourth-order valence-corrected chi connectivity index (χ4v) is 15.5. The fraction of sp³-hybridized carbons (Fsp3) is 0.182. The van der Waals surface area contributed by atoms with Crippen LogP contribution >= 0.6 is 11.3 Å². The van der Waals surface area contributed by atoms with E-state index < -0.39 is 8.07 Å². The topological polar surface area (TPSA) is 12.7 Å². The number of hydrogen-bond donors (Lipinski definition) is 0. The number of imidazole rings is 1. The van der Waals surface area contributed by atoms with E-state index in [9.17, 15) is 0 Å². The second-order valence-corrected chi connectivity index (χ2v) is 27.7. The molecule has 0 saturated heterocycles. The van der Waals surface area contributed by atoms with Crippen molar-refractivity contribution < 1.29 is 9.13 Å². The number of para-hydroxylation sites is 1. The summed E-state index contributed by atoms with van der Waals surface area (Å²) < 4.78 is 10.7. The number of aryl methyl sites for hydroxylation is 1. The van der Waals surface area contributed by atoms with Crippen LogP contribution in [0.4, 0.5) is 0 Å². The number of rotatable bonds is 6. The van der Waals surface area contributed by atoms with Crippen LogP contribution in [0.5, 0.6) is 0 Å². The largest absolute Gasteiger partial charge is 0.301 e. The van der Waals surface area contributed by atoms with Gasteiger partial charge in [-0.05, 0) is 88.7 Å². The molecule has 3 nitrogen and oxygen atoms in total. The van der Waals surface area contributed by atoms with Crippen LogP contribution in [0.15, 0.2) is 195 Å². The molecule has 0 fully saturated rings. The zero-order chi connectivity index (χ0) is 48.1. The van der Waals surface area contributed by atoms with Crippen LogP contribution in [-0.4, -0.2) is 12.6 Å². The predicted molar refractivity (Wildman–Crippen MR) is 304 cm³/mol. The van der Waals surface area contributed by atoms with Crippen LogP contribution < -0.4 is 14.3 Å². The summed E-state index contributed by atoms with van der Waals surface area (Å²) in [6.07, 6.45) is 6.44. The highest BCUT2D eigenvalue weighted by atomic mass is 32.1. The summed E-state index contributed by atoms with van der Waals surface area (Å²) in [5, 5.41) is 6.64. The van der Waals surface area contributed by atoms with Gasteiger partial charge in [-0.1, -0.05) is 186 Å². The van der Waals surface area contributed by atoms with Gasteiger partial charge in [-0.25, -0.2) is 0 Å². The molecule has 0 aliphatic carbocycles. The van der Waals surface area contributed by atoms with E-state index in [1.165, 1.54) is 109 Å². The second-order valence-electron chi connectivity index (χ2n) is 21.6. The van der Waals surface area contributed by atoms with Gasteiger partial charge in [0, 0.05) is 54.7 Å². The maximum absolute atomic E-state index is 5.35. The molecule has 2 aliphatic rings. The fourth-order valence-electron chi connectivity index (χ4n) is 12.6. The van der Waals surface area contributed by atoms with E-state index in [0.717, 1.165) is 31.4 Å². The summed E-state index contributed by atoms with van der Waals surface area (Å²) in [4.78, 5) is 0. The van der Waals surface area contributed by atoms with Gasteiger partial charge in [-0.2, -0.15) is 13.7 Å². The van der Waals surface area contributed by atoms with Crippen molar-refractivity contribution in [1.82, 2.24) is 4.57 Å². The number of fused-ring (bicyclic) bond motifs is 17. The van der Waals surface area contributed by atoms with E-state index in [-0.39, 0.29) is 12.0 Å². The Balaban J connectivity index is 1.19. The normalized spacial score (nSPS) is 15.7. The lowest BCUT2D eigenvalue weighted by atomic mass is 9.77. The Kier molecular flexibility index (Phi) is 10.5. The van der Waals surface area contributed by atoms with Crippen LogP contribution in [-0.2, 0) is 12.8 Å². The highest BCUT2D eigenvalue weighted by molar-refractivity contribution is 7.26. The van der Waals surface area contributed by atoms with Crippen molar-refractivity contribution in [3.63, 3.8) is 0 Å². The molecule has 8 aromatic carbocycles. The second kappa shape index (κ2) is 17.0. The molecule has 5 heterocycles. The average Bonchev–Trinajstić information content (AvgIpc) is 3.94. The molecule has 2 atom stereocenters. The van der Waals surface area contributed by atoms with Crippen molar-refractivity contribution in [2.24, 2.45) is 5.92 Å². The zero-order valence-electron chi connectivity index (χ0n) is 41.4. The zero-order valence-corrected chi connectivity index (χ0v) is 43.2. The number of nitrogens with zero attached hydrogens (tertiary/aromatic N) is 3. The van der Waals surface area contributed by atoms with Gasteiger partial charge in [0.2, 0.25) is 5.69 Å². The van der Waals surface area contributed by atoms with Crippen LogP contribution in [0.3, 0.4) is 0 Å². The molecule has 2 aliphatic heterocycles. The van der Waals surface area contributed by atoms with Crippen molar-refractivity contribution in [3.8, 4) is 50.6 Å². The van der Waals surface area contributed by atoms with E-state index in [1.807, 2.05) is 11.3 Å². The third kappa shape index (κ3) is 7.11. The van der Waals surface area contributed by atoms with Crippen molar-refractivity contribution in [2.75, 3.05) is 0 Å². The maximum Gasteiger partial charge on any atom is 0.301 e. The molecule has 2 unspecified atom stereocenters. The van der Waals surface area contributed by atoms with Gasteiger partial charge in [0.15, 0.2) is 23.3 Å². The van der Waals surface area contributed by atoms with E-state index in [4.69, 9.17) is 6.58 Å². The molecule has 0 radical (unpaired) electrons. The molecule has 3 aromatic heterocycles. The van der Waals surface area contributed by atoms with Crippen molar-refractivity contribution in [1.29, 1.82) is 0 Å². The Morgan fingerprint density at radius 2 is 1.34 bits per heavy atom. The molecular formula is C66H59N3SSi+2. The number of thiophene rings is 1. The van der Waals surface area contributed by atoms with Gasteiger partial charge in [0.1, 0.15) is 11.4 Å². The van der Waals surface area contributed by atoms with Gasteiger partial charge in [0.25, 0.3) is 0 Å². The molecule has 5 heteroatoms. The van der Waals surface area contributed by atoms with Crippen LogP contribution in [0.1, 0.15) is 55.3 Å². The number of pyridine rings is 1. The first-order valence-electron chi connectivity index (χ1n) is 25.6. The molecule has 0 N–H and O–H groups in total. The van der Waals surface area contributed by atoms with Crippen molar-refractivity contribution in [2.45, 2.75) is 71.1 Å². The summed E-state index contributed by atoms with van der Waals surface area (Å²) in [7, 11) is -1.77. The van der Waals surface area contributed by atoms with Crippen molar-refractivity contribution >= 4 is 72.3 Å². The van der Waals surface area contributed by atoms with E-state index in [2.05, 4.69) is 235 Å². The molecular weight excluding hydrogens is 895 g/mol. The Hall–Kier alpha value is -7.18. The lowest BCUT2D eigenvalue weighted by Gasteiger charge is -2.33. The molecule has 346 valence electrons. The number of allylic oxidation sites excluding steroid dienone is 1. The summed E-state index contributed by atoms with van der Waals surface area (Å²) >= 11 is 1.94. The third-order valence-electron chi connectivity index (χ3n) is 15.6. The maximum atomic E-state index is 5.35. The molecule has 0 bridgehead atoms. The van der Waals surface area contributed by atoms with Crippen molar-refractivity contribution in [3.05, 3.63) is 211 Å². The molecule has 0 spiro atoms. The molecule has 0 saturated carbocycles. The third-order valence-corrected chi connectivity index (χ3v) is 18.9. The van der Waals surface area contributed by atoms with Gasteiger partial charge in [-0.15, -0.1) is 11.3 Å². The molecule has 71 heavy (non-hydrogen) atoms. The first kappa shape index (κ1) is 43.8. The first-order chi connectivity index (χ1) is 34.6. The lowest BCUT2D eigenvalue weighted by molar-refractivity contribution is -0.719. The van der Waals surface area contributed by atoms with Gasteiger partial charge < -0.3 is 0 Å². The van der Waals surface area contributed by atoms with Gasteiger partial charge >= 0.3 is 5.82 Å². The number of hydrogen-bond acceptors (Lipinski definition) is 1. The van der Waals surface area contributed by atoms with Crippen LogP contribution in [0.25, 0.3) is 98.3 Å². The summed E-state index contributed by atoms with van der Waals surface area (Å²) in [5.74, 6) is 2.01. The smallest absolute Gasteiger partial charge is 0.195 e. The van der Waals surface area contributed by atoms with E-state index in [0.29, 0.717) is 5.92 Å². The Morgan fingerprint density at radius 1 is 0.676 bits per heavy atom. The summed E-state index contributed by atoms with van der Waals surface area (Å²) in [6, 6.07) is 68.7. The molecule has 11 aromatic rings. The minimum Gasteiger partial charge on any atom is -0.195 e. The van der Waals surface area contributed by atoms with Gasteiger partial charge in [0.05, 0.1) is 24.8 Å². The van der Waals surface area contributed by atoms with Crippen LogP contribution in [0.2, 0.25) is 19.6 Å². The minimum absolute atomic E-state index is 0.149. The Morgan fingerprint density at radius 3 is 2.07 bits per heavy atom. The minimum atomic E-state index is -1.77. The number of benzene rings is 8. The van der Waals surface area contributed by atoms with E-state index >= 15 is 0 Å². The van der Waals surface area contributed by atoms with Crippen LogP contribution in [0, 0.1) is 5.92 Å². The SMILES string of the molecule is C=C1CC2C(CCc3ccc4c(sc5ccccc54)c3-c3n(-c4c(-c5ccccc5)cccc4-c4ccccc4)c4ccc5ccccc5c4[n+]31)c1ccccc1-c1cc(CC(C)C)c([Si](C)(C)C)c[n+]12. The Bertz CT molecular complexity index is 3870.